The van der Waals surface area contributed by atoms with E-state index in [1.165, 1.54) is 0 Å². The Labute approximate surface area is 201 Å². The van der Waals surface area contributed by atoms with Gasteiger partial charge in [0.2, 0.25) is 0 Å². The summed E-state index contributed by atoms with van der Waals surface area (Å²) in [6.45, 7) is 4.60. The number of nitrogens with zero attached hydrogens (tertiary/aromatic N) is 6. The van der Waals surface area contributed by atoms with Crippen LogP contribution in [0.25, 0.3) is 11.5 Å². The Morgan fingerprint density at radius 1 is 1.06 bits per heavy atom. The van der Waals surface area contributed by atoms with Crippen molar-refractivity contribution in [3.8, 4) is 11.5 Å². The number of rotatable bonds is 6. The van der Waals surface area contributed by atoms with Crippen LogP contribution in [0, 0.1) is 5.92 Å². The molecule has 5 rings (SSSR count). The summed E-state index contributed by atoms with van der Waals surface area (Å²) in [5.41, 5.74) is 0.819. The molecule has 1 unspecified atom stereocenters. The van der Waals surface area contributed by atoms with Gasteiger partial charge in [-0.3, -0.25) is 4.68 Å². The number of nitrogens with one attached hydrogen (secondary N) is 1. The lowest BCUT2D eigenvalue weighted by molar-refractivity contribution is -0.137. The van der Waals surface area contributed by atoms with Crippen molar-refractivity contribution in [2.75, 3.05) is 38.2 Å². The zero-order valence-electron chi connectivity index (χ0n) is 19.5. The highest BCUT2D eigenvalue weighted by Crippen LogP contribution is 2.33. The van der Waals surface area contributed by atoms with Gasteiger partial charge < -0.3 is 15.0 Å². The van der Waals surface area contributed by atoms with Gasteiger partial charge in [0, 0.05) is 57.7 Å². The first-order valence-corrected chi connectivity index (χ1v) is 11.8. The summed E-state index contributed by atoms with van der Waals surface area (Å²) in [5.74, 6) is 1.82. The number of halogens is 3. The molecule has 0 amide bonds. The maximum absolute atomic E-state index is 13.2. The zero-order chi connectivity index (χ0) is 24.4. The van der Waals surface area contributed by atoms with Gasteiger partial charge in [0.1, 0.15) is 17.3 Å². The third kappa shape index (κ3) is 5.62. The first-order chi connectivity index (χ1) is 16.8. The molecule has 0 saturated carbocycles. The summed E-state index contributed by atoms with van der Waals surface area (Å²) in [7, 11) is 1.80. The minimum absolute atomic E-state index is 0.0768. The van der Waals surface area contributed by atoms with Gasteiger partial charge in [-0.1, -0.05) is 0 Å². The number of hydrogen-bond acceptors (Lipinski definition) is 7. The molecule has 0 aliphatic carbocycles. The molecular formula is C24H28F3N7O. The standard InChI is InChI=1S/C24H28F3N7O/c1-33-20(3-8-29-33)23-30-19(17-4-9-34(15-17)14-16-5-10-35-11-6-16)13-22(32-23)31-21-12-18(2-7-28-21)24(25,26)27/h2-3,7-8,12-13,16-17H,4-6,9-11,14-15H2,1H3,(H,28,30,31,32). The van der Waals surface area contributed by atoms with Crippen LogP contribution in [0.3, 0.4) is 0 Å². The van der Waals surface area contributed by atoms with E-state index in [1.54, 1.807) is 17.9 Å². The van der Waals surface area contributed by atoms with Crippen molar-refractivity contribution in [2.45, 2.75) is 31.4 Å². The van der Waals surface area contributed by atoms with E-state index < -0.39 is 11.7 Å². The van der Waals surface area contributed by atoms with E-state index in [0.717, 1.165) is 81.8 Å². The second-order valence-corrected chi connectivity index (χ2v) is 9.20. The van der Waals surface area contributed by atoms with Crippen LogP contribution in [0.2, 0.25) is 0 Å². The number of aromatic nitrogens is 5. The SMILES string of the molecule is Cn1nccc1-c1nc(Nc2cc(C(F)(F)F)ccn2)cc(C2CCN(CC3CCOCC3)C2)n1. The van der Waals surface area contributed by atoms with E-state index in [9.17, 15) is 13.2 Å². The summed E-state index contributed by atoms with van der Waals surface area (Å²) in [5, 5.41) is 7.17. The summed E-state index contributed by atoms with van der Waals surface area (Å²) >= 11 is 0. The first-order valence-electron chi connectivity index (χ1n) is 11.8. The lowest BCUT2D eigenvalue weighted by Crippen LogP contribution is -2.30. The van der Waals surface area contributed by atoms with Gasteiger partial charge in [-0.15, -0.1) is 0 Å². The van der Waals surface area contributed by atoms with Crippen LogP contribution in [0.5, 0.6) is 0 Å². The molecule has 5 heterocycles. The van der Waals surface area contributed by atoms with E-state index in [-0.39, 0.29) is 11.7 Å². The minimum atomic E-state index is -4.45. The van der Waals surface area contributed by atoms with E-state index in [4.69, 9.17) is 9.72 Å². The predicted octanol–water partition coefficient (Wildman–Crippen LogP) is 4.25. The number of aryl methyl sites for hydroxylation is 1. The van der Waals surface area contributed by atoms with Crippen molar-refractivity contribution in [3.05, 3.63) is 47.9 Å². The van der Waals surface area contributed by atoms with E-state index >= 15 is 0 Å². The molecule has 186 valence electrons. The van der Waals surface area contributed by atoms with E-state index in [0.29, 0.717) is 17.6 Å². The molecule has 0 aromatic carbocycles. The Morgan fingerprint density at radius 3 is 2.63 bits per heavy atom. The van der Waals surface area contributed by atoms with Crippen LogP contribution >= 0.6 is 0 Å². The van der Waals surface area contributed by atoms with Gasteiger partial charge in [0.05, 0.1) is 11.3 Å². The largest absolute Gasteiger partial charge is 0.416 e. The number of likely N-dealkylation sites (tertiary alicyclic amines) is 1. The van der Waals surface area contributed by atoms with Crippen LogP contribution in [-0.2, 0) is 18.0 Å². The van der Waals surface area contributed by atoms with Crippen LogP contribution in [0.4, 0.5) is 24.8 Å². The maximum atomic E-state index is 13.2. The Kier molecular flexibility index (Phi) is 6.70. The average Bonchev–Trinajstić information content (AvgIpc) is 3.48. The molecule has 8 nitrogen and oxygen atoms in total. The molecule has 3 aromatic rings. The van der Waals surface area contributed by atoms with Gasteiger partial charge in [-0.05, 0) is 49.9 Å². The molecular weight excluding hydrogens is 459 g/mol. The molecule has 0 radical (unpaired) electrons. The third-order valence-corrected chi connectivity index (χ3v) is 6.69. The molecule has 2 saturated heterocycles. The van der Waals surface area contributed by atoms with Crippen molar-refractivity contribution >= 4 is 11.6 Å². The molecule has 1 atom stereocenters. The Hall–Kier alpha value is -3.05. The highest BCUT2D eigenvalue weighted by molar-refractivity contribution is 5.58. The van der Waals surface area contributed by atoms with Crippen LogP contribution in [-0.4, -0.2) is 62.5 Å². The second-order valence-electron chi connectivity index (χ2n) is 9.20. The summed E-state index contributed by atoms with van der Waals surface area (Å²) in [4.78, 5) is 16.0. The lowest BCUT2D eigenvalue weighted by atomic mass is 10.00. The normalized spacial score (nSPS) is 19.8. The van der Waals surface area contributed by atoms with Crippen molar-refractivity contribution in [3.63, 3.8) is 0 Å². The Balaban J connectivity index is 1.40. The van der Waals surface area contributed by atoms with Crippen LogP contribution in [0.1, 0.15) is 36.4 Å². The van der Waals surface area contributed by atoms with Crippen molar-refractivity contribution in [2.24, 2.45) is 13.0 Å². The number of hydrogen-bond donors (Lipinski definition) is 1. The van der Waals surface area contributed by atoms with Crippen LogP contribution in [0.15, 0.2) is 36.7 Å². The summed E-state index contributed by atoms with van der Waals surface area (Å²) < 4.78 is 46.7. The smallest absolute Gasteiger partial charge is 0.381 e. The molecule has 0 bridgehead atoms. The minimum Gasteiger partial charge on any atom is -0.381 e. The first kappa shape index (κ1) is 23.7. The molecule has 2 aliphatic rings. The molecule has 35 heavy (non-hydrogen) atoms. The van der Waals surface area contributed by atoms with Crippen molar-refractivity contribution in [1.29, 1.82) is 0 Å². The zero-order valence-corrected chi connectivity index (χ0v) is 19.5. The maximum Gasteiger partial charge on any atom is 0.416 e. The Bertz CT molecular complexity index is 1160. The van der Waals surface area contributed by atoms with Crippen molar-refractivity contribution < 1.29 is 17.9 Å². The summed E-state index contributed by atoms with van der Waals surface area (Å²) in [6, 6.07) is 5.57. The quantitative estimate of drug-likeness (QED) is 0.557. The summed E-state index contributed by atoms with van der Waals surface area (Å²) in [6.07, 6.45) is 1.51. The van der Waals surface area contributed by atoms with Gasteiger partial charge in [-0.2, -0.15) is 18.3 Å². The second kappa shape index (κ2) is 9.90. The molecule has 1 N–H and O–H groups in total. The highest BCUT2D eigenvalue weighted by Gasteiger charge is 2.31. The fourth-order valence-corrected chi connectivity index (χ4v) is 4.79. The molecule has 2 aliphatic heterocycles. The number of pyridine rings is 1. The van der Waals surface area contributed by atoms with Gasteiger partial charge in [0.25, 0.3) is 0 Å². The molecule has 3 aromatic heterocycles. The number of anilines is 2. The number of alkyl halides is 3. The molecule has 11 heteroatoms. The fraction of sp³-hybridized carbons (Fsp3) is 0.500. The van der Waals surface area contributed by atoms with Gasteiger partial charge in [0.15, 0.2) is 5.82 Å². The molecule has 0 spiro atoms. The third-order valence-electron chi connectivity index (χ3n) is 6.69. The topological polar surface area (TPSA) is 81.0 Å². The van der Waals surface area contributed by atoms with Crippen molar-refractivity contribution in [1.82, 2.24) is 29.6 Å². The lowest BCUT2D eigenvalue weighted by Gasteiger charge is -2.27. The monoisotopic (exact) mass is 487 g/mol. The predicted molar refractivity (Wildman–Crippen MR) is 124 cm³/mol. The van der Waals surface area contributed by atoms with Gasteiger partial charge in [-0.25, -0.2) is 15.0 Å². The average molecular weight is 488 g/mol. The van der Waals surface area contributed by atoms with E-state index in [2.05, 4.69) is 25.3 Å². The Morgan fingerprint density at radius 2 is 1.89 bits per heavy atom. The highest BCUT2D eigenvalue weighted by atomic mass is 19.4. The van der Waals surface area contributed by atoms with E-state index in [1.807, 2.05) is 12.1 Å². The fourth-order valence-electron chi connectivity index (χ4n) is 4.79. The molecule has 2 fully saturated rings. The van der Waals surface area contributed by atoms with Crippen LogP contribution < -0.4 is 5.32 Å². The number of ether oxygens (including phenoxy) is 1. The van der Waals surface area contributed by atoms with Gasteiger partial charge >= 0.3 is 6.18 Å².